The Morgan fingerprint density at radius 1 is 1.11 bits per heavy atom. The molecule has 0 spiro atoms. The maximum Gasteiger partial charge on any atom is 0.303 e. The molecular formula is C23H29ClO4. The summed E-state index contributed by atoms with van der Waals surface area (Å²) >= 11 is 6.71. The predicted octanol–water partition coefficient (Wildman–Crippen LogP) is 4.75. The second kappa shape index (κ2) is 6.29. The summed E-state index contributed by atoms with van der Waals surface area (Å²) in [4.78, 5) is 36.6. The molecule has 0 amide bonds. The number of carbonyl (C=O) groups excluding carboxylic acids is 3. The van der Waals surface area contributed by atoms with Gasteiger partial charge in [0.1, 0.15) is 0 Å². The molecule has 0 radical (unpaired) electrons. The van der Waals surface area contributed by atoms with Gasteiger partial charge >= 0.3 is 5.97 Å². The van der Waals surface area contributed by atoms with Crippen LogP contribution in [0.5, 0.6) is 0 Å². The first-order valence-corrected chi connectivity index (χ1v) is 10.8. The summed E-state index contributed by atoms with van der Waals surface area (Å²) in [5.74, 6) is 0.584. The van der Waals surface area contributed by atoms with Crippen LogP contribution in [-0.4, -0.2) is 23.1 Å². The van der Waals surface area contributed by atoms with E-state index in [-0.39, 0.29) is 40.2 Å². The number of halogens is 1. The van der Waals surface area contributed by atoms with Crippen molar-refractivity contribution in [3.05, 3.63) is 22.8 Å². The highest BCUT2D eigenvalue weighted by Gasteiger charge is 2.67. The minimum atomic E-state index is -1.03. The summed E-state index contributed by atoms with van der Waals surface area (Å²) in [6, 6.07) is 0. The molecule has 1 unspecified atom stereocenters. The van der Waals surface area contributed by atoms with Gasteiger partial charge in [0.25, 0.3) is 0 Å². The fraction of sp³-hybridized carbons (Fsp3) is 0.696. The maximum atomic E-state index is 12.7. The first-order chi connectivity index (χ1) is 13.0. The Labute approximate surface area is 171 Å². The molecule has 6 atom stereocenters. The van der Waals surface area contributed by atoms with Gasteiger partial charge in [0, 0.05) is 23.8 Å². The average molecular weight is 405 g/mol. The van der Waals surface area contributed by atoms with Gasteiger partial charge in [0.15, 0.2) is 17.2 Å². The Hall–Kier alpha value is -1.42. The largest absolute Gasteiger partial charge is 0.451 e. The van der Waals surface area contributed by atoms with Crippen molar-refractivity contribution in [2.45, 2.75) is 71.8 Å². The summed E-state index contributed by atoms with van der Waals surface area (Å²) in [5.41, 5.74) is -0.532. The number of ether oxygens (including phenoxy) is 1. The third kappa shape index (κ3) is 2.46. The van der Waals surface area contributed by atoms with Crippen molar-refractivity contribution in [3.63, 3.8) is 0 Å². The van der Waals surface area contributed by atoms with Crippen LogP contribution in [0.4, 0.5) is 0 Å². The highest BCUT2D eigenvalue weighted by atomic mass is 35.5. The molecule has 5 heteroatoms. The molecule has 0 aromatic carbocycles. The van der Waals surface area contributed by atoms with Gasteiger partial charge in [-0.05, 0) is 73.8 Å². The van der Waals surface area contributed by atoms with Crippen molar-refractivity contribution in [1.29, 1.82) is 0 Å². The van der Waals surface area contributed by atoms with Gasteiger partial charge in [0.2, 0.25) is 0 Å². The maximum absolute atomic E-state index is 12.7. The van der Waals surface area contributed by atoms with E-state index in [1.165, 1.54) is 6.92 Å². The normalized spacial score (nSPS) is 44.6. The van der Waals surface area contributed by atoms with Crippen molar-refractivity contribution >= 4 is 29.1 Å². The zero-order chi connectivity index (χ0) is 20.5. The summed E-state index contributed by atoms with van der Waals surface area (Å²) in [6.45, 7) is 7.33. The topological polar surface area (TPSA) is 60.4 Å². The van der Waals surface area contributed by atoms with E-state index in [1.54, 1.807) is 13.0 Å². The molecule has 0 aromatic rings. The van der Waals surface area contributed by atoms with Crippen LogP contribution in [0.25, 0.3) is 0 Å². The summed E-state index contributed by atoms with van der Waals surface area (Å²) in [7, 11) is 0. The number of ketones is 2. The first-order valence-electron chi connectivity index (χ1n) is 10.4. The summed E-state index contributed by atoms with van der Waals surface area (Å²) in [5, 5.41) is 0.689. The van der Waals surface area contributed by atoms with E-state index in [9.17, 15) is 14.4 Å². The Bertz CT molecular complexity index is 826. The van der Waals surface area contributed by atoms with E-state index in [0.29, 0.717) is 23.8 Å². The smallest absolute Gasteiger partial charge is 0.303 e. The molecule has 152 valence electrons. The quantitative estimate of drug-likeness (QED) is 0.623. The number of fused-ring (bicyclic) bond motifs is 5. The highest BCUT2D eigenvalue weighted by Crippen LogP contribution is 2.68. The molecule has 0 saturated heterocycles. The van der Waals surface area contributed by atoms with Crippen LogP contribution in [0.15, 0.2) is 22.8 Å². The second-order valence-corrected chi connectivity index (χ2v) is 10.1. The van der Waals surface area contributed by atoms with Crippen LogP contribution in [-0.2, 0) is 19.1 Å². The van der Waals surface area contributed by atoms with Crippen LogP contribution in [0.2, 0.25) is 0 Å². The van der Waals surface area contributed by atoms with Gasteiger partial charge in [-0.15, -0.1) is 0 Å². The molecule has 0 aliphatic heterocycles. The van der Waals surface area contributed by atoms with E-state index in [4.69, 9.17) is 16.3 Å². The lowest BCUT2D eigenvalue weighted by Crippen LogP contribution is -2.58. The number of hydrogen-bond donors (Lipinski definition) is 0. The van der Waals surface area contributed by atoms with E-state index < -0.39 is 5.60 Å². The molecule has 4 rings (SSSR count). The fourth-order valence-corrected chi connectivity index (χ4v) is 7.55. The van der Waals surface area contributed by atoms with Crippen LogP contribution >= 0.6 is 11.6 Å². The highest BCUT2D eigenvalue weighted by molar-refractivity contribution is 6.32. The SMILES string of the molecule is CC(=O)O[C@]1(C(C)=O)CC[C@H]2C3C=C(Cl)C4=CC(=O)CC[C@]4(C)[C@H]3CC[C@@]21C. The van der Waals surface area contributed by atoms with E-state index >= 15 is 0 Å². The number of esters is 1. The fourth-order valence-electron chi connectivity index (χ4n) is 7.13. The molecule has 28 heavy (non-hydrogen) atoms. The lowest BCUT2D eigenvalue weighted by atomic mass is 9.48. The lowest BCUT2D eigenvalue weighted by Gasteiger charge is -2.57. The monoisotopic (exact) mass is 404 g/mol. The van der Waals surface area contributed by atoms with Crippen LogP contribution in [0.3, 0.4) is 0 Å². The zero-order valence-corrected chi connectivity index (χ0v) is 17.9. The Morgan fingerprint density at radius 2 is 1.79 bits per heavy atom. The molecule has 0 aromatic heterocycles. The van der Waals surface area contributed by atoms with Gasteiger partial charge in [-0.1, -0.05) is 31.5 Å². The Morgan fingerprint density at radius 3 is 2.43 bits per heavy atom. The van der Waals surface area contributed by atoms with E-state index in [0.717, 1.165) is 31.3 Å². The molecule has 2 saturated carbocycles. The number of rotatable bonds is 2. The van der Waals surface area contributed by atoms with Gasteiger partial charge in [0.05, 0.1) is 0 Å². The van der Waals surface area contributed by atoms with Gasteiger partial charge in [-0.25, -0.2) is 0 Å². The first kappa shape index (κ1) is 19.9. The Balaban J connectivity index is 1.79. The molecule has 4 nitrogen and oxygen atoms in total. The van der Waals surface area contributed by atoms with Crippen LogP contribution < -0.4 is 0 Å². The third-order valence-electron chi connectivity index (χ3n) is 8.56. The van der Waals surface area contributed by atoms with Gasteiger partial charge in [-0.2, -0.15) is 0 Å². The van der Waals surface area contributed by atoms with Crippen LogP contribution in [0.1, 0.15) is 66.2 Å². The van der Waals surface area contributed by atoms with Crippen molar-refractivity contribution in [3.8, 4) is 0 Å². The minimum Gasteiger partial charge on any atom is -0.451 e. The van der Waals surface area contributed by atoms with E-state index in [1.807, 2.05) is 0 Å². The molecule has 2 fully saturated rings. The number of hydrogen-bond acceptors (Lipinski definition) is 4. The predicted molar refractivity (Wildman–Crippen MR) is 107 cm³/mol. The molecule has 0 bridgehead atoms. The second-order valence-electron chi connectivity index (χ2n) is 9.72. The zero-order valence-electron chi connectivity index (χ0n) is 17.1. The number of Topliss-reactive ketones (excluding diaryl/α,β-unsaturated/α-hetero) is 1. The standard InChI is InChI=1S/C23H29ClO4/c1-13(25)23(28-14(2)26)10-7-18-16-12-20(24)19-11-15(27)5-8-21(19,3)17(16)6-9-22(18,23)4/h11-12,16-18H,5-10H2,1-4H3/t16?,17-,18-,21+,22-,23-/m0/s1. The van der Waals surface area contributed by atoms with Crippen molar-refractivity contribution < 1.29 is 19.1 Å². The molecule has 0 heterocycles. The average Bonchev–Trinajstić information content (AvgIpc) is 2.90. The van der Waals surface area contributed by atoms with Crippen molar-refractivity contribution in [1.82, 2.24) is 0 Å². The molecule has 4 aliphatic carbocycles. The Kier molecular flexibility index (Phi) is 4.46. The molecular weight excluding hydrogens is 376 g/mol. The minimum absolute atomic E-state index is 0.0490. The molecule has 0 N–H and O–H groups in total. The van der Waals surface area contributed by atoms with Crippen molar-refractivity contribution in [2.75, 3.05) is 0 Å². The molecule has 4 aliphatic rings. The summed E-state index contributed by atoms with van der Waals surface area (Å²) < 4.78 is 5.79. The number of carbonyl (C=O) groups is 3. The van der Waals surface area contributed by atoms with Gasteiger partial charge < -0.3 is 4.74 Å². The van der Waals surface area contributed by atoms with Crippen LogP contribution in [0, 0.1) is 28.6 Å². The third-order valence-corrected chi connectivity index (χ3v) is 8.89. The number of allylic oxidation sites excluding steroid dienone is 4. The van der Waals surface area contributed by atoms with E-state index in [2.05, 4.69) is 19.9 Å². The summed E-state index contributed by atoms with van der Waals surface area (Å²) in [6.07, 6.45) is 8.48. The lowest BCUT2D eigenvalue weighted by molar-refractivity contribution is -0.185. The van der Waals surface area contributed by atoms with Crippen molar-refractivity contribution in [2.24, 2.45) is 28.6 Å². The van der Waals surface area contributed by atoms with Gasteiger partial charge in [-0.3, -0.25) is 14.4 Å².